The van der Waals surface area contributed by atoms with Gasteiger partial charge in [0.1, 0.15) is 5.75 Å². The zero-order valence-electron chi connectivity index (χ0n) is 16.6. The van der Waals surface area contributed by atoms with Crippen LogP contribution in [0, 0.1) is 0 Å². The van der Waals surface area contributed by atoms with Crippen LogP contribution in [0.2, 0.25) is 0 Å². The Balaban J connectivity index is 1.81. The number of rotatable bonds is 12. The summed E-state index contributed by atoms with van der Waals surface area (Å²) in [6, 6.07) is 17.6. The zero-order valence-corrected chi connectivity index (χ0v) is 16.6. The molecule has 0 saturated heterocycles. The van der Waals surface area contributed by atoms with Crippen molar-refractivity contribution in [3.05, 3.63) is 54.6 Å². The molecule has 0 bridgehead atoms. The normalized spacial score (nSPS) is 10.4. The van der Waals surface area contributed by atoms with E-state index in [0.29, 0.717) is 6.54 Å². The second-order valence-electron chi connectivity index (χ2n) is 6.69. The molecule has 0 fully saturated rings. The fourth-order valence-electron chi connectivity index (χ4n) is 2.96. The summed E-state index contributed by atoms with van der Waals surface area (Å²) in [5, 5.41) is 2.97. The van der Waals surface area contributed by atoms with Crippen LogP contribution >= 0.6 is 0 Å². The maximum atomic E-state index is 12.4. The fourth-order valence-corrected chi connectivity index (χ4v) is 2.96. The molecule has 0 atom stereocenters. The van der Waals surface area contributed by atoms with Crippen LogP contribution in [-0.2, 0) is 4.79 Å². The first-order valence-corrected chi connectivity index (χ1v) is 10.1. The number of carbonyl (C=O) groups is 1. The van der Waals surface area contributed by atoms with E-state index >= 15 is 0 Å². The minimum Gasteiger partial charge on any atom is -0.494 e. The van der Waals surface area contributed by atoms with Crippen molar-refractivity contribution in [1.29, 1.82) is 0 Å². The molecule has 0 aliphatic carbocycles. The van der Waals surface area contributed by atoms with Gasteiger partial charge in [0.2, 0.25) is 5.91 Å². The summed E-state index contributed by atoms with van der Waals surface area (Å²) in [6.07, 6.45) is 6.09. The molecule has 0 saturated carbocycles. The summed E-state index contributed by atoms with van der Waals surface area (Å²) in [5.41, 5.74) is 1.82. The molecule has 0 spiro atoms. The molecule has 1 N–H and O–H groups in total. The topological polar surface area (TPSA) is 41.6 Å². The van der Waals surface area contributed by atoms with E-state index < -0.39 is 0 Å². The molecule has 146 valence electrons. The Bertz CT molecular complexity index is 673. The number of hydrogen-bond donors (Lipinski definition) is 1. The van der Waals surface area contributed by atoms with Crippen molar-refractivity contribution in [1.82, 2.24) is 0 Å². The molecule has 0 aromatic heterocycles. The molecule has 4 nitrogen and oxygen atoms in total. The van der Waals surface area contributed by atoms with E-state index in [-0.39, 0.29) is 5.91 Å². The highest BCUT2D eigenvalue weighted by molar-refractivity contribution is 5.94. The second kappa shape index (κ2) is 12.0. The first-order chi connectivity index (χ1) is 13.2. The third kappa shape index (κ3) is 7.73. The van der Waals surface area contributed by atoms with Gasteiger partial charge in [-0.15, -0.1) is 0 Å². The van der Waals surface area contributed by atoms with E-state index in [1.54, 1.807) is 0 Å². The molecule has 2 rings (SSSR count). The van der Waals surface area contributed by atoms with E-state index in [1.807, 2.05) is 59.5 Å². The van der Waals surface area contributed by atoms with Gasteiger partial charge in [-0.1, -0.05) is 56.9 Å². The van der Waals surface area contributed by atoms with Gasteiger partial charge in [-0.2, -0.15) is 0 Å². The Morgan fingerprint density at radius 2 is 1.74 bits per heavy atom. The number of nitrogens with zero attached hydrogens (tertiary/aromatic N) is 1. The van der Waals surface area contributed by atoms with Gasteiger partial charge < -0.3 is 15.0 Å². The number of anilines is 2. The highest BCUT2D eigenvalue weighted by atomic mass is 16.5. The molecule has 0 aliphatic rings. The largest absolute Gasteiger partial charge is 0.494 e. The van der Waals surface area contributed by atoms with E-state index in [2.05, 4.69) is 19.2 Å². The lowest BCUT2D eigenvalue weighted by Gasteiger charge is -2.22. The van der Waals surface area contributed by atoms with Gasteiger partial charge in [-0.3, -0.25) is 4.79 Å². The van der Waals surface area contributed by atoms with Crippen LogP contribution in [0.5, 0.6) is 5.75 Å². The number of carbonyl (C=O) groups excluding carboxylic acids is 1. The Morgan fingerprint density at radius 1 is 0.963 bits per heavy atom. The average molecular weight is 369 g/mol. The summed E-state index contributed by atoms with van der Waals surface area (Å²) in [5.74, 6) is 0.774. The van der Waals surface area contributed by atoms with Crippen molar-refractivity contribution >= 4 is 17.3 Å². The molecule has 1 amide bonds. The van der Waals surface area contributed by atoms with Crippen LogP contribution in [0.3, 0.4) is 0 Å². The van der Waals surface area contributed by atoms with Crippen LogP contribution in [0.15, 0.2) is 54.6 Å². The number of unbranched alkanes of at least 4 members (excludes halogenated alkanes) is 4. The molecule has 0 unspecified atom stereocenters. The lowest BCUT2D eigenvalue weighted by molar-refractivity contribution is -0.115. The number of hydrogen-bond acceptors (Lipinski definition) is 3. The first-order valence-electron chi connectivity index (χ1n) is 10.1. The predicted octanol–water partition coefficient (Wildman–Crippen LogP) is 5.50. The van der Waals surface area contributed by atoms with Gasteiger partial charge in [0.25, 0.3) is 0 Å². The van der Waals surface area contributed by atoms with Crippen LogP contribution in [0.4, 0.5) is 11.4 Å². The zero-order chi connectivity index (χ0) is 19.3. The summed E-state index contributed by atoms with van der Waals surface area (Å²) in [6.45, 7) is 6.09. The highest BCUT2D eigenvalue weighted by Gasteiger charge is 2.10. The van der Waals surface area contributed by atoms with Crippen molar-refractivity contribution in [2.24, 2.45) is 0 Å². The maximum Gasteiger partial charge on any atom is 0.243 e. The van der Waals surface area contributed by atoms with Crippen molar-refractivity contribution in [3.63, 3.8) is 0 Å². The molecule has 4 heteroatoms. The lowest BCUT2D eigenvalue weighted by atomic mass is 10.2. The molecule has 2 aromatic carbocycles. The summed E-state index contributed by atoms with van der Waals surface area (Å²) < 4.78 is 5.82. The number of ether oxygens (including phenoxy) is 1. The Hall–Kier alpha value is -2.49. The van der Waals surface area contributed by atoms with Gasteiger partial charge in [-0.25, -0.2) is 0 Å². The Kier molecular flexibility index (Phi) is 9.25. The molecule has 27 heavy (non-hydrogen) atoms. The van der Waals surface area contributed by atoms with Crippen molar-refractivity contribution < 1.29 is 9.53 Å². The van der Waals surface area contributed by atoms with Gasteiger partial charge in [0.15, 0.2) is 0 Å². The minimum atomic E-state index is -0.0302. The maximum absolute atomic E-state index is 12.4. The summed E-state index contributed by atoms with van der Waals surface area (Å²) in [4.78, 5) is 14.5. The van der Waals surface area contributed by atoms with E-state index in [1.165, 1.54) is 25.7 Å². The molecule has 2 aromatic rings. The lowest BCUT2D eigenvalue weighted by Crippen LogP contribution is -2.33. The van der Waals surface area contributed by atoms with Crippen molar-refractivity contribution in [3.8, 4) is 5.75 Å². The number of amides is 1. The molecule has 0 heterocycles. The third-order valence-corrected chi connectivity index (χ3v) is 4.47. The summed E-state index contributed by atoms with van der Waals surface area (Å²) >= 11 is 0. The molecular formula is C23H32N2O2. The number of benzene rings is 2. The van der Waals surface area contributed by atoms with Crippen molar-refractivity contribution in [2.45, 2.75) is 46.0 Å². The van der Waals surface area contributed by atoms with Gasteiger partial charge >= 0.3 is 0 Å². The van der Waals surface area contributed by atoms with Crippen LogP contribution < -0.4 is 15.0 Å². The molecule has 0 radical (unpaired) electrons. The fraction of sp³-hybridized carbons (Fsp3) is 0.435. The molecule has 0 aliphatic heterocycles. The monoisotopic (exact) mass is 368 g/mol. The third-order valence-electron chi connectivity index (χ3n) is 4.47. The van der Waals surface area contributed by atoms with E-state index in [0.717, 1.165) is 36.7 Å². The average Bonchev–Trinajstić information content (AvgIpc) is 2.70. The predicted molar refractivity (Wildman–Crippen MR) is 114 cm³/mol. The smallest absolute Gasteiger partial charge is 0.243 e. The van der Waals surface area contributed by atoms with Crippen LogP contribution in [0.25, 0.3) is 0 Å². The second-order valence-corrected chi connectivity index (χ2v) is 6.69. The Morgan fingerprint density at radius 3 is 2.48 bits per heavy atom. The number of likely N-dealkylation sites (N-methyl/N-ethyl adjacent to an activating group) is 1. The van der Waals surface area contributed by atoms with Gasteiger partial charge in [-0.05, 0) is 37.6 Å². The van der Waals surface area contributed by atoms with Crippen molar-refractivity contribution in [2.75, 3.05) is 29.9 Å². The van der Waals surface area contributed by atoms with Crippen LogP contribution in [-0.4, -0.2) is 25.6 Å². The number of para-hydroxylation sites is 1. The highest BCUT2D eigenvalue weighted by Crippen LogP contribution is 2.18. The standard InChI is InChI=1S/C23H32N2O2/c1-3-5-6-7-11-17-27-22-16-12-13-20(18-22)24-23(26)19-25(4-2)21-14-9-8-10-15-21/h8-10,12-16,18H,3-7,11,17,19H2,1-2H3,(H,24,26). The van der Waals surface area contributed by atoms with E-state index in [9.17, 15) is 4.79 Å². The Labute approximate surface area is 163 Å². The summed E-state index contributed by atoms with van der Waals surface area (Å²) in [7, 11) is 0. The van der Waals surface area contributed by atoms with Crippen LogP contribution in [0.1, 0.15) is 46.0 Å². The quantitative estimate of drug-likeness (QED) is 0.503. The number of nitrogens with one attached hydrogen (secondary N) is 1. The van der Waals surface area contributed by atoms with Gasteiger partial charge in [0, 0.05) is 24.0 Å². The van der Waals surface area contributed by atoms with Gasteiger partial charge in [0.05, 0.1) is 13.2 Å². The first kappa shape index (κ1) is 20.8. The SMILES string of the molecule is CCCCCCCOc1cccc(NC(=O)CN(CC)c2ccccc2)c1. The van der Waals surface area contributed by atoms with E-state index in [4.69, 9.17) is 4.74 Å². The molecular weight excluding hydrogens is 336 g/mol. The minimum absolute atomic E-state index is 0.0302.